The molecule has 1 fully saturated rings. The van der Waals surface area contributed by atoms with Gasteiger partial charge in [-0.2, -0.15) is 0 Å². The fourth-order valence-electron chi connectivity index (χ4n) is 3.19. The van der Waals surface area contributed by atoms with E-state index < -0.39 is 0 Å². The molecule has 0 spiro atoms. The van der Waals surface area contributed by atoms with E-state index in [9.17, 15) is 9.59 Å². The Bertz CT molecular complexity index is 886. The molecule has 5 heteroatoms. The van der Waals surface area contributed by atoms with E-state index in [4.69, 9.17) is 0 Å². The van der Waals surface area contributed by atoms with Gasteiger partial charge in [-0.25, -0.2) is 9.88 Å². The maximum Gasteiger partial charge on any atom is 0.239 e. The highest BCUT2D eigenvalue weighted by atomic mass is 32.1. The Morgan fingerprint density at radius 1 is 1.08 bits per heavy atom. The third-order valence-electron chi connectivity index (χ3n) is 4.58. The van der Waals surface area contributed by atoms with Crippen LogP contribution in [-0.2, 0) is 9.59 Å². The number of para-hydroxylation sites is 1. The third-order valence-corrected chi connectivity index (χ3v) is 5.61. The maximum atomic E-state index is 12.9. The second-order valence-electron chi connectivity index (χ2n) is 6.04. The van der Waals surface area contributed by atoms with Crippen LogP contribution in [0.2, 0.25) is 0 Å². The normalized spacial score (nSPS) is 19.2. The van der Waals surface area contributed by atoms with Gasteiger partial charge in [-0.05, 0) is 23.6 Å². The summed E-state index contributed by atoms with van der Waals surface area (Å²) in [6, 6.07) is 17.5. The Labute approximate surface area is 143 Å². The first kappa shape index (κ1) is 15.0. The molecule has 0 aliphatic carbocycles. The van der Waals surface area contributed by atoms with Crippen LogP contribution >= 0.6 is 11.3 Å². The molecule has 2 heterocycles. The van der Waals surface area contributed by atoms with Gasteiger partial charge in [0.05, 0.1) is 16.1 Å². The number of benzene rings is 2. The Balaban J connectivity index is 1.66. The summed E-state index contributed by atoms with van der Waals surface area (Å²) in [6.07, 6.45) is 0.241. The number of carbonyl (C=O) groups is 2. The van der Waals surface area contributed by atoms with Crippen molar-refractivity contribution in [3.05, 3.63) is 60.2 Å². The molecule has 0 saturated carbocycles. The van der Waals surface area contributed by atoms with Crippen LogP contribution in [0, 0.1) is 5.92 Å². The first-order valence-corrected chi connectivity index (χ1v) is 8.74. The van der Waals surface area contributed by atoms with Crippen LogP contribution < -0.4 is 4.90 Å². The minimum Gasteiger partial charge on any atom is -0.274 e. The number of imide groups is 1. The van der Waals surface area contributed by atoms with Gasteiger partial charge in [-0.1, -0.05) is 60.7 Å². The summed E-state index contributed by atoms with van der Waals surface area (Å²) in [5.41, 5.74) is 1.90. The lowest BCUT2D eigenvalue weighted by Crippen LogP contribution is -2.31. The van der Waals surface area contributed by atoms with Gasteiger partial charge in [0.25, 0.3) is 0 Å². The first-order chi connectivity index (χ1) is 11.6. The molecule has 2 atom stereocenters. The Kier molecular flexibility index (Phi) is 3.65. The summed E-state index contributed by atoms with van der Waals surface area (Å²) >= 11 is 1.38. The molecule has 24 heavy (non-hydrogen) atoms. The Morgan fingerprint density at radius 3 is 2.54 bits per heavy atom. The molecule has 1 aromatic heterocycles. The number of hydrogen-bond acceptors (Lipinski definition) is 4. The smallest absolute Gasteiger partial charge is 0.239 e. The summed E-state index contributed by atoms with van der Waals surface area (Å²) < 4.78 is 0.979. The van der Waals surface area contributed by atoms with E-state index in [2.05, 4.69) is 4.98 Å². The van der Waals surface area contributed by atoms with E-state index in [1.54, 1.807) is 0 Å². The van der Waals surface area contributed by atoms with Crippen LogP contribution in [0.25, 0.3) is 10.2 Å². The summed E-state index contributed by atoms with van der Waals surface area (Å²) in [5.74, 6) is -0.629. The number of amides is 2. The van der Waals surface area contributed by atoms with Crippen molar-refractivity contribution in [1.29, 1.82) is 0 Å². The Hall–Kier alpha value is -2.53. The number of nitrogens with zero attached hydrogens (tertiary/aromatic N) is 2. The molecule has 120 valence electrons. The minimum absolute atomic E-state index is 0.00188. The maximum absolute atomic E-state index is 12.9. The predicted molar refractivity (Wildman–Crippen MR) is 95.1 cm³/mol. The molecule has 1 aliphatic heterocycles. The quantitative estimate of drug-likeness (QED) is 0.680. The molecular formula is C19H16N2O2S. The highest BCUT2D eigenvalue weighted by molar-refractivity contribution is 7.22. The van der Waals surface area contributed by atoms with Crippen LogP contribution in [0.4, 0.5) is 5.13 Å². The number of hydrogen-bond donors (Lipinski definition) is 0. The molecule has 0 radical (unpaired) electrons. The van der Waals surface area contributed by atoms with E-state index >= 15 is 0 Å². The Morgan fingerprint density at radius 2 is 1.79 bits per heavy atom. The number of fused-ring (bicyclic) bond motifs is 1. The molecule has 4 rings (SSSR count). The lowest BCUT2D eigenvalue weighted by molar-refractivity contribution is -0.122. The van der Waals surface area contributed by atoms with Crippen molar-refractivity contribution in [1.82, 2.24) is 4.98 Å². The lowest BCUT2D eigenvalue weighted by Gasteiger charge is -2.18. The van der Waals surface area contributed by atoms with Gasteiger partial charge < -0.3 is 0 Å². The number of thiazole rings is 1. The molecule has 1 aliphatic rings. The zero-order chi connectivity index (χ0) is 16.7. The number of carbonyl (C=O) groups excluding carboxylic acids is 2. The van der Waals surface area contributed by atoms with Gasteiger partial charge in [0, 0.05) is 6.42 Å². The van der Waals surface area contributed by atoms with E-state index in [-0.39, 0.29) is 30.1 Å². The highest BCUT2D eigenvalue weighted by Crippen LogP contribution is 2.38. The van der Waals surface area contributed by atoms with Crippen molar-refractivity contribution in [3.8, 4) is 0 Å². The van der Waals surface area contributed by atoms with Crippen molar-refractivity contribution < 1.29 is 9.59 Å². The van der Waals surface area contributed by atoms with Crippen molar-refractivity contribution in [2.45, 2.75) is 19.3 Å². The summed E-state index contributed by atoms with van der Waals surface area (Å²) in [5, 5.41) is 0.481. The number of anilines is 1. The van der Waals surface area contributed by atoms with E-state index in [0.29, 0.717) is 5.13 Å². The third kappa shape index (κ3) is 2.41. The topological polar surface area (TPSA) is 50.3 Å². The predicted octanol–water partition coefficient (Wildman–Crippen LogP) is 3.98. The molecule has 0 bridgehead atoms. The molecule has 2 aromatic carbocycles. The van der Waals surface area contributed by atoms with Gasteiger partial charge in [-0.3, -0.25) is 9.59 Å². The zero-order valence-electron chi connectivity index (χ0n) is 13.2. The summed E-state index contributed by atoms with van der Waals surface area (Å²) in [4.78, 5) is 31.1. The van der Waals surface area contributed by atoms with E-state index in [0.717, 1.165) is 15.8 Å². The number of rotatable bonds is 3. The largest absolute Gasteiger partial charge is 0.274 e. The van der Waals surface area contributed by atoms with Crippen molar-refractivity contribution in [2.75, 3.05) is 4.90 Å². The summed E-state index contributed by atoms with van der Waals surface area (Å²) in [6.45, 7) is 2.01. The average Bonchev–Trinajstić information content (AvgIpc) is 3.15. The first-order valence-electron chi connectivity index (χ1n) is 7.92. The van der Waals surface area contributed by atoms with Gasteiger partial charge in [-0.15, -0.1) is 0 Å². The molecule has 1 saturated heterocycles. The average molecular weight is 336 g/mol. The number of aromatic nitrogens is 1. The van der Waals surface area contributed by atoms with Gasteiger partial charge >= 0.3 is 0 Å². The second-order valence-corrected chi connectivity index (χ2v) is 7.05. The molecule has 4 nitrogen and oxygen atoms in total. The van der Waals surface area contributed by atoms with Crippen molar-refractivity contribution in [2.24, 2.45) is 5.92 Å². The molecule has 0 unspecified atom stereocenters. The fraction of sp³-hybridized carbons (Fsp3) is 0.211. The summed E-state index contributed by atoms with van der Waals surface area (Å²) in [7, 11) is 0. The van der Waals surface area contributed by atoms with Crippen LogP contribution in [0.1, 0.15) is 24.8 Å². The minimum atomic E-state index is -0.327. The van der Waals surface area contributed by atoms with Crippen molar-refractivity contribution >= 4 is 38.5 Å². The van der Waals surface area contributed by atoms with Crippen LogP contribution in [0.3, 0.4) is 0 Å². The van der Waals surface area contributed by atoms with Crippen LogP contribution in [-0.4, -0.2) is 16.8 Å². The fourth-order valence-corrected chi connectivity index (χ4v) is 4.18. The van der Waals surface area contributed by atoms with Gasteiger partial charge in [0.15, 0.2) is 5.13 Å². The van der Waals surface area contributed by atoms with Crippen LogP contribution in [0.5, 0.6) is 0 Å². The second kappa shape index (κ2) is 5.83. The van der Waals surface area contributed by atoms with E-state index in [1.807, 2.05) is 61.5 Å². The van der Waals surface area contributed by atoms with Gasteiger partial charge in [0.1, 0.15) is 0 Å². The van der Waals surface area contributed by atoms with Gasteiger partial charge in [0.2, 0.25) is 11.8 Å². The lowest BCUT2D eigenvalue weighted by atomic mass is 9.86. The monoisotopic (exact) mass is 336 g/mol. The zero-order valence-corrected chi connectivity index (χ0v) is 14.0. The highest BCUT2D eigenvalue weighted by Gasteiger charge is 2.43. The van der Waals surface area contributed by atoms with Crippen molar-refractivity contribution in [3.63, 3.8) is 0 Å². The SMILES string of the molecule is C[C@H](c1ccccc1)[C@H]1CC(=O)N(c2nc3ccccc3s2)C1=O. The molecule has 0 N–H and O–H groups in total. The molecular weight excluding hydrogens is 320 g/mol. The molecule has 2 amide bonds. The standard InChI is InChI=1S/C19H16N2O2S/c1-12(13-7-3-2-4-8-13)14-11-17(22)21(18(14)23)19-20-15-9-5-6-10-16(15)24-19/h2-10,12,14H,11H2,1H3/t12-,14-/m1/s1. The van der Waals surface area contributed by atoms with Crippen LogP contribution in [0.15, 0.2) is 54.6 Å². The van der Waals surface area contributed by atoms with E-state index in [1.165, 1.54) is 16.2 Å². The molecule has 3 aromatic rings.